The van der Waals surface area contributed by atoms with Gasteiger partial charge in [0.15, 0.2) is 0 Å². The van der Waals surface area contributed by atoms with Crippen LogP contribution >= 0.6 is 0 Å². The predicted octanol–water partition coefficient (Wildman–Crippen LogP) is 0.725. The summed E-state index contributed by atoms with van der Waals surface area (Å²) < 4.78 is 0. The molecule has 1 atom stereocenters. The van der Waals surface area contributed by atoms with Crippen LogP contribution in [0.1, 0.15) is 20.8 Å². The third-order valence-corrected chi connectivity index (χ3v) is 1.87. The van der Waals surface area contributed by atoms with Crippen molar-refractivity contribution in [1.29, 1.82) is 10.8 Å². The Kier molecular flexibility index (Phi) is 4.20. The summed E-state index contributed by atoms with van der Waals surface area (Å²) in [6, 6.07) is 0. The van der Waals surface area contributed by atoms with Gasteiger partial charge < -0.3 is 11.5 Å². The summed E-state index contributed by atoms with van der Waals surface area (Å²) in [5, 5.41) is 22.1. The predicted molar refractivity (Wildman–Crippen MR) is 56.8 cm³/mol. The summed E-state index contributed by atoms with van der Waals surface area (Å²) >= 11 is 0. The van der Waals surface area contributed by atoms with Gasteiger partial charge in [-0.15, -0.1) is 0 Å². The van der Waals surface area contributed by atoms with Gasteiger partial charge >= 0.3 is 0 Å². The molecular weight excluding hydrogens is 180 g/mol. The van der Waals surface area contributed by atoms with Gasteiger partial charge in [0.1, 0.15) is 11.4 Å². The summed E-state index contributed by atoms with van der Waals surface area (Å²) in [7, 11) is 0. The SMILES string of the molecule is CC(CN=NC(C)(C)C(=N)N)C(=N)N. The smallest absolute Gasteiger partial charge is 0.132 e. The first kappa shape index (κ1) is 12.5. The van der Waals surface area contributed by atoms with E-state index in [1.165, 1.54) is 0 Å². The van der Waals surface area contributed by atoms with Crippen molar-refractivity contribution in [2.75, 3.05) is 6.54 Å². The maximum absolute atomic E-state index is 7.22. The Hall–Kier alpha value is -1.46. The van der Waals surface area contributed by atoms with Crippen LogP contribution in [0.15, 0.2) is 10.2 Å². The zero-order valence-corrected chi connectivity index (χ0v) is 8.83. The quantitative estimate of drug-likeness (QED) is 0.295. The molecule has 0 aliphatic carbocycles. The zero-order valence-electron chi connectivity index (χ0n) is 8.83. The summed E-state index contributed by atoms with van der Waals surface area (Å²) in [6.45, 7) is 5.56. The van der Waals surface area contributed by atoms with Crippen molar-refractivity contribution in [2.24, 2.45) is 27.6 Å². The average molecular weight is 198 g/mol. The molecule has 14 heavy (non-hydrogen) atoms. The molecule has 0 aliphatic heterocycles. The van der Waals surface area contributed by atoms with E-state index in [4.69, 9.17) is 22.3 Å². The van der Waals surface area contributed by atoms with Crippen LogP contribution in [0.4, 0.5) is 0 Å². The lowest BCUT2D eigenvalue weighted by Crippen LogP contribution is -2.35. The normalized spacial score (nSPS) is 14.2. The van der Waals surface area contributed by atoms with E-state index in [9.17, 15) is 0 Å². The molecule has 0 saturated heterocycles. The lowest BCUT2D eigenvalue weighted by molar-refractivity contribution is 0.608. The monoisotopic (exact) mass is 198 g/mol. The molecule has 0 aromatic heterocycles. The second kappa shape index (κ2) is 4.69. The number of hydrogen-bond donors (Lipinski definition) is 4. The van der Waals surface area contributed by atoms with Crippen molar-refractivity contribution in [1.82, 2.24) is 0 Å². The first-order valence-corrected chi connectivity index (χ1v) is 4.34. The molecule has 0 rings (SSSR count). The van der Waals surface area contributed by atoms with Crippen LogP contribution in [0, 0.1) is 16.7 Å². The maximum atomic E-state index is 7.22. The van der Waals surface area contributed by atoms with Gasteiger partial charge in [0.25, 0.3) is 0 Å². The van der Waals surface area contributed by atoms with E-state index in [0.717, 1.165) is 0 Å². The Morgan fingerprint density at radius 1 is 1.36 bits per heavy atom. The molecule has 1 unspecified atom stereocenters. The molecular formula is C8H18N6. The molecule has 0 aromatic carbocycles. The van der Waals surface area contributed by atoms with Crippen molar-refractivity contribution in [3.05, 3.63) is 0 Å². The third-order valence-electron chi connectivity index (χ3n) is 1.87. The first-order valence-electron chi connectivity index (χ1n) is 4.34. The highest BCUT2D eigenvalue weighted by atomic mass is 15.2. The molecule has 6 nitrogen and oxygen atoms in total. The topological polar surface area (TPSA) is 124 Å². The molecule has 0 spiro atoms. The number of rotatable bonds is 5. The Bertz CT molecular complexity index is 255. The molecule has 6 heteroatoms. The van der Waals surface area contributed by atoms with Gasteiger partial charge in [0, 0.05) is 5.92 Å². The highest BCUT2D eigenvalue weighted by Crippen LogP contribution is 2.09. The largest absolute Gasteiger partial charge is 0.387 e. The molecule has 0 aromatic rings. The standard InChI is InChI=1S/C8H18N6/c1-5(6(9)10)4-13-14-8(2,3)7(11)12/h5H,4H2,1-3H3,(H3,9,10)(H3,11,12). The fourth-order valence-corrected chi connectivity index (χ4v) is 0.492. The number of nitrogens with zero attached hydrogens (tertiary/aromatic N) is 2. The molecule has 0 saturated carbocycles. The molecule has 6 N–H and O–H groups in total. The molecule has 0 heterocycles. The van der Waals surface area contributed by atoms with Crippen molar-refractivity contribution in [3.63, 3.8) is 0 Å². The Labute approximate surface area is 83.8 Å². The van der Waals surface area contributed by atoms with Crippen molar-refractivity contribution < 1.29 is 0 Å². The van der Waals surface area contributed by atoms with Crippen LogP contribution in [0.5, 0.6) is 0 Å². The number of nitrogens with one attached hydrogen (secondary N) is 2. The summed E-state index contributed by atoms with van der Waals surface area (Å²) in [5.74, 6) is -0.0668. The third kappa shape index (κ3) is 3.97. The fourth-order valence-electron chi connectivity index (χ4n) is 0.492. The number of nitrogens with two attached hydrogens (primary N) is 2. The second-order valence-corrected chi connectivity index (χ2v) is 3.75. The molecule has 0 fully saturated rings. The lowest BCUT2D eigenvalue weighted by atomic mass is 10.1. The maximum Gasteiger partial charge on any atom is 0.132 e. The number of azo groups is 1. The zero-order chi connectivity index (χ0) is 11.4. The summed E-state index contributed by atoms with van der Waals surface area (Å²) in [4.78, 5) is 0. The van der Waals surface area contributed by atoms with Crippen molar-refractivity contribution in [3.8, 4) is 0 Å². The molecule has 80 valence electrons. The number of hydrogen-bond acceptors (Lipinski definition) is 4. The van der Waals surface area contributed by atoms with Crippen molar-refractivity contribution >= 4 is 11.7 Å². The van der Waals surface area contributed by atoms with Gasteiger partial charge in [0.2, 0.25) is 0 Å². The van der Waals surface area contributed by atoms with E-state index in [2.05, 4.69) is 10.2 Å². The van der Waals surface area contributed by atoms with Gasteiger partial charge in [-0.3, -0.25) is 10.8 Å². The van der Waals surface area contributed by atoms with Crippen molar-refractivity contribution in [2.45, 2.75) is 26.3 Å². The van der Waals surface area contributed by atoms with E-state index >= 15 is 0 Å². The summed E-state index contributed by atoms with van der Waals surface area (Å²) in [5.41, 5.74) is 9.80. The highest BCUT2D eigenvalue weighted by Gasteiger charge is 2.20. The fraction of sp³-hybridized carbons (Fsp3) is 0.750. The average Bonchev–Trinajstić information content (AvgIpc) is 2.03. The highest BCUT2D eigenvalue weighted by molar-refractivity contribution is 5.86. The van der Waals surface area contributed by atoms with Crippen LogP contribution < -0.4 is 11.5 Å². The first-order chi connectivity index (χ1) is 6.27. The van der Waals surface area contributed by atoms with Crippen LogP contribution in [-0.2, 0) is 0 Å². The van der Waals surface area contributed by atoms with E-state index < -0.39 is 5.54 Å². The minimum Gasteiger partial charge on any atom is -0.387 e. The van der Waals surface area contributed by atoms with E-state index in [1.54, 1.807) is 20.8 Å². The van der Waals surface area contributed by atoms with Gasteiger partial charge in [-0.05, 0) is 13.8 Å². The van der Waals surface area contributed by atoms with E-state index in [1.807, 2.05) is 0 Å². The minimum atomic E-state index is -0.767. The van der Waals surface area contributed by atoms with Crippen LogP contribution in [-0.4, -0.2) is 23.8 Å². The Balaban J connectivity index is 4.19. The van der Waals surface area contributed by atoms with Crippen LogP contribution in [0.3, 0.4) is 0 Å². The number of amidine groups is 2. The van der Waals surface area contributed by atoms with Crippen LogP contribution in [0.2, 0.25) is 0 Å². The second-order valence-electron chi connectivity index (χ2n) is 3.75. The lowest BCUT2D eigenvalue weighted by Gasteiger charge is -2.15. The molecule has 0 radical (unpaired) electrons. The summed E-state index contributed by atoms with van der Waals surface area (Å²) in [6.07, 6.45) is 0. The van der Waals surface area contributed by atoms with Gasteiger partial charge in [-0.1, -0.05) is 6.92 Å². The molecule has 0 aliphatic rings. The van der Waals surface area contributed by atoms with Gasteiger partial charge in [0.05, 0.1) is 12.4 Å². The van der Waals surface area contributed by atoms with Crippen LogP contribution in [0.25, 0.3) is 0 Å². The molecule has 0 amide bonds. The Morgan fingerprint density at radius 3 is 2.21 bits per heavy atom. The Morgan fingerprint density at radius 2 is 1.86 bits per heavy atom. The van der Waals surface area contributed by atoms with E-state index in [-0.39, 0.29) is 17.6 Å². The van der Waals surface area contributed by atoms with E-state index in [0.29, 0.717) is 6.54 Å². The van der Waals surface area contributed by atoms with Gasteiger partial charge in [-0.2, -0.15) is 10.2 Å². The minimum absolute atomic E-state index is 0.0308. The molecule has 0 bridgehead atoms. The van der Waals surface area contributed by atoms with Gasteiger partial charge in [-0.25, -0.2) is 0 Å².